The molecule has 0 amide bonds. The van der Waals surface area contributed by atoms with Crippen LogP contribution in [0.5, 0.6) is 11.5 Å². The van der Waals surface area contributed by atoms with Gasteiger partial charge in [0.15, 0.2) is 17.3 Å². The maximum atomic E-state index is 13.1. The molecule has 4 aliphatic rings. The normalized spacial score (nSPS) is 22.7. The van der Waals surface area contributed by atoms with Gasteiger partial charge in [0, 0.05) is 25.2 Å². The van der Waals surface area contributed by atoms with Gasteiger partial charge < -0.3 is 31.5 Å². The number of hydrogen-bond donors (Lipinski definition) is 5. The Morgan fingerprint density at radius 1 is 0.898 bits per heavy atom. The number of ether oxygens (including phenoxy) is 1. The molecule has 0 aromatic heterocycles. The molecule has 0 spiro atoms. The summed E-state index contributed by atoms with van der Waals surface area (Å²) in [4.78, 5) is 26.1. The largest absolute Gasteiger partial charge is 0.504 e. The molecule has 3 aromatic carbocycles. The summed E-state index contributed by atoms with van der Waals surface area (Å²) in [5.41, 5.74) is 15.7. The number of piperidine rings is 2. The average Bonchev–Trinajstić information content (AvgIpc) is 3.25. The van der Waals surface area contributed by atoms with Crippen LogP contribution in [0.15, 0.2) is 108 Å². The van der Waals surface area contributed by atoms with Crippen molar-refractivity contribution in [2.45, 2.75) is 102 Å². The van der Waals surface area contributed by atoms with Crippen LogP contribution in [-0.4, -0.2) is 55.6 Å². The van der Waals surface area contributed by atoms with E-state index < -0.39 is 0 Å². The lowest BCUT2D eigenvalue weighted by Gasteiger charge is -2.47. The van der Waals surface area contributed by atoms with Gasteiger partial charge in [-0.05, 0) is 158 Å². The molecule has 2 fully saturated rings. The summed E-state index contributed by atoms with van der Waals surface area (Å²) in [6, 6.07) is 23.4. The number of unbranched alkanes of at least 4 members (excludes halogenated alkanes) is 2. The summed E-state index contributed by atoms with van der Waals surface area (Å²) >= 11 is 0. The highest BCUT2D eigenvalue weighted by Gasteiger charge is 2.41. The van der Waals surface area contributed by atoms with E-state index in [1.54, 1.807) is 23.8 Å². The van der Waals surface area contributed by atoms with E-state index in [0.717, 1.165) is 92.8 Å². The van der Waals surface area contributed by atoms with Crippen molar-refractivity contribution in [3.8, 4) is 11.5 Å². The Kier molecular flexibility index (Phi) is 15.1. The number of methoxy groups -OCH3 is 1. The predicted molar refractivity (Wildman–Crippen MR) is 238 cm³/mol. The first kappa shape index (κ1) is 42.4. The van der Waals surface area contributed by atoms with E-state index in [-0.39, 0.29) is 29.9 Å². The second-order valence-corrected chi connectivity index (χ2v) is 17.1. The number of nitrogens with one attached hydrogen (secondary N) is 3. The lowest BCUT2D eigenvalue weighted by atomic mass is 9.64. The average molecular weight is 797 g/mol. The molecule has 0 radical (unpaired) electrons. The third-order valence-electron chi connectivity index (χ3n) is 13.0. The van der Waals surface area contributed by atoms with E-state index in [9.17, 15) is 14.7 Å². The molecular formula is C51H64N4O4. The number of aromatic hydroxyl groups is 1. The van der Waals surface area contributed by atoms with Crippen molar-refractivity contribution >= 4 is 17.6 Å². The van der Waals surface area contributed by atoms with Crippen LogP contribution in [0.2, 0.25) is 0 Å². The molecular weight excluding hydrogens is 733 g/mol. The smallest absolute Gasteiger partial charge is 0.163 e. The first-order valence-corrected chi connectivity index (χ1v) is 22.1. The fraction of sp³-hybridized carbons (Fsp3) is 0.451. The minimum atomic E-state index is -0.289. The molecule has 59 heavy (non-hydrogen) atoms. The van der Waals surface area contributed by atoms with Crippen LogP contribution in [0.4, 0.5) is 0 Å². The zero-order valence-corrected chi connectivity index (χ0v) is 34.9. The van der Waals surface area contributed by atoms with Crippen LogP contribution in [-0.2, 0) is 35.3 Å². The highest BCUT2D eigenvalue weighted by molar-refractivity contribution is 6.06. The number of phenolic OH excluding ortho intramolecular Hbond substituents is 1. The molecule has 5 atom stereocenters. The number of ketones is 2. The summed E-state index contributed by atoms with van der Waals surface area (Å²) in [6.07, 6.45) is 22.0. The van der Waals surface area contributed by atoms with E-state index in [2.05, 4.69) is 82.7 Å². The SMILES string of the molecule is COc1cc(/C=C/C(=O)CC(=O)CCCCC[C@H]2[C@H]3CCNC[C@@H]3C=C3CCCN[C@H]32)c(CC2=CNC(N)C=C2CCc2cccc(CCc3ccccc3)c2)cc1O. The lowest BCUT2D eigenvalue weighted by molar-refractivity contribution is -0.124. The molecule has 312 valence electrons. The van der Waals surface area contributed by atoms with Gasteiger partial charge in [0.1, 0.15) is 5.78 Å². The molecule has 1 unspecified atom stereocenters. The van der Waals surface area contributed by atoms with Gasteiger partial charge in [-0.1, -0.05) is 85.2 Å². The standard InChI is InChI=1S/C51H64N4O4/c1-59-49-30-38(21-22-45(57)32-44(56)15-6-3-7-16-47-46-23-25-53-33-43(46)27-40-14-9-24-54-51(40)47)41(29-48(49)58)28-42-34-55-50(52)31-39(42)20-19-37-13-8-12-36(26-37)18-17-35-10-4-2-5-11-35/h2,4-5,8,10-13,21-22,26-27,29-31,34,43,46-47,50-51,53-55,58H,3,6-7,9,14-20,23-25,28,32-33,52H2,1H3/b22-21+/t43-,46-,47-,50?,51+/m0/s1. The number of allylic oxidation sites excluding steroid dienone is 3. The van der Waals surface area contributed by atoms with Crippen LogP contribution in [0.3, 0.4) is 0 Å². The van der Waals surface area contributed by atoms with Crippen LogP contribution < -0.4 is 26.4 Å². The molecule has 1 aliphatic carbocycles. The Hall–Kier alpha value is -4.76. The number of Topliss-reactive ketones (excluding diaryl/α,β-unsaturated/α-hetero) is 1. The Morgan fingerprint density at radius 2 is 1.69 bits per heavy atom. The van der Waals surface area contributed by atoms with E-state index in [1.165, 1.54) is 55.6 Å². The lowest BCUT2D eigenvalue weighted by Crippen LogP contribution is -2.52. The van der Waals surface area contributed by atoms with Gasteiger partial charge in [-0.2, -0.15) is 0 Å². The van der Waals surface area contributed by atoms with Gasteiger partial charge in [0.2, 0.25) is 0 Å². The second kappa shape index (κ2) is 21.0. The number of carbonyl (C=O) groups excluding carboxylic acids is 2. The van der Waals surface area contributed by atoms with Gasteiger partial charge in [0.05, 0.1) is 19.7 Å². The molecule has 7 rings (SSSR count). The van der Waals surface area contributed by atoms with Crippen LogP contribution in [0.25, 0.3) is 6.08 Å². The van der Waals surface area contributed by atoms with Crippen LogP contribution in [0.1, 0.15) is 92.0 Å². The molecule has 0 saturated carbocycles. The van der Waals surface area contributed by atoms with Gasteiger partial charge in [-0.15, -0.1) is 0 Å². The number of hydrogen-bond acceptors (Lipinski definition) is 8. The number of dihydropyridines is 1. The summed E-state index contributed by atoms with van der Waals surface area (Å²) in [5, 5.41) is 21.5. The van der Waals surface area contributed by atoms with Crippen LogP contribution in [0, 0.1) is 17.8 Å². The first-order valence-electron chi connectivity index (χ1n) is 22.1. The number of fused-ring (bicyclic) bond motifs is 2. The quantitative estimate of drug-likeness (QED) is 0.0357. The Bertz CT molecular complexity index is 2030. The summed E-state index contributed by atoms with van der Waals surface area (Å²) in [7, 11) is 1.51. The van der Waals surface area contributed by atoms with Crippen molar-refractivity contribution in [1.29, 1.82) is 0 Å². The number of carbonyl (C=O) groups is 2. The van der Waals surface area contributed by atoms with Gasteiger partial charge in [0.25, 0.3) is 0 Å². The highest BCUT2D eigenvalue weighted by Crippen LogP contribution is 2.42. The van der Waals surface area contributed by atoms with E-state index in [0.29, 0.717) is 36.5 Å². The summed E-state index contributed by atoms with van der Waals surface area (Å²) in [5.74, 6) is 2.21. The number of nitrogens with two attached hydrogens (primary N) is 1. The molecule has 3 heterocycles. The van der Waals surface area contributed by atoms with Crippen molar-refractivity contribution in [1.82, 2.24) is 16.0 Å². The monoisotopic (exact) mass is 796 g/mol. The molecule has 8 nitrogen and oxygen atoms in total. The zero-order valence-electron chi connectivity index (χ0n) is 34.9. The topological polar surface area (TPSA) is 126 Å². The number of phenols is 1. The molecule has 2 saturated heterocycles. The Morgan fingerprint density at radius 3 is 2.53 bits per heavy atom. The van der Waals surface area contributed by atoms with Crippen LogP contribution >= 0.6 is 0 Å². The second-order valence-electron chi connectivity index (χ2n) is 17.1. The minimum absolute atomic E-state index is 0.00954. The fourth-order valence-corrected chi connectivity index (χ4v) is 9.90. The maximum Gasteiger partial charge on any atom is 0.163 e. The minimum Gasteiger partial charge on any atom is -0.504 e. The van der Waals surface area contributed by atoms with Crippen molar-refractivity contribution in [3.05, 3.63) is 136 Å². The van der Waals surface area contributed by atoms with E-state index >= 15 is 0 Å². The zero-order chi connectivity index (χ0) is 41.0. The van der Waals surface area contributed by atoms with E-state index in [4.69, 9.17) is 10.5 Å². The molecule has 8 heteroatoms. The number of aryl methyl sites for hydroxylation is 3. The summed E-state index contributed by atoms with van der Waals surface area (Å²) < 4.78 is 5.44. The Balaban J connectivity index is 0.911. The number of rotatable bonds is 19. The summed E-state index contributed by atoms with van der Waals surface area (Å²) in [6.45, 7) is 3.33. The molecule has 0 bridgehead atoms. The van der Waals surface area contributed by atoms with E-state index in [1.807, 2.05) is 6.20 Å². The molecule has 6 N–H and O–H groups in total. The Labute approximate surface area is 351 Å². The van der Waals surface area contributed by atoms with Crippen molar-refractivity contribution in [2.75, 3.05) is 26.7 Å². The van der Waals surface area contributed by atoms with Gasteiger partial charge >= 0.3 is 0 Å². The number of benzene rings is 3. The fourth-order valence-electron chi connectivity index (χ4n) is 9.90. The van der Waals surface area contributed by atoms with Crippen molar-refractivity contribution < 1.29 is 19.4 Å². The third-order valence-corrected chi connectivity index (χ3v) is 13.0. The third kappa shape index (κ3) is 11.7. The maximum absolute atomic E-state index is 13.1. The van der Waals surface area contributed by atoms with Crippen molar-refractivity contribution in [3.63, 3.8) is 0 Å². The van der Waals surface area contributed by atoms with Crippen molar-refractivity contribution in [2.24, 2.45) is 23.5 Å². The molecule has 3 aromatic rings. The first-order chi connectivity index (χ1) is 28.8. The molecule has 3 aliphatic heterocycles. The predicted octanol–water partition coefficient (Wildman–Crippen LogP) is 8.09. The highest BCUT2D eigenvalue weighted by atomic mass is 16.5. The van der Waals surface area contributed by atoms with Gasteiger partial charge in [-0.3, -0.25) is 9.59 Å². The van der Waals surface area contributed by atoms with Gasteiger partial charge in [-0.25, -0.2) is 0 Å².